The maximum atomic E-state index is 10.9. The first kappa shape index (κ1) is 18.1. The van der Waals surface area contributed by atoms with Crippen molar-refractivity contribution in [3.8, 4) is 0 Å². The zero-order chi connectivity index (χ0) is 17.5. The first-order valence-electron chi connectivity index (χ1n) is 9.16. The number of nitrogens with one attached hydrogen (secondary N) is 1. The molecular formula is C21H29N3O. The van der Waals surface area contributed by atoms with Crippen LogP contribution in [0.1, 0.15) is 23.3 Å². The van der Waals surface area contributed by atoms with Gasteiger partial charge in [0.25, 0.3) is 0 Å². The van der Waals surface area contributed by atoms with Crippen LogP contribution in [0.2, 0.25) is 0 Å². The van der Waals surface area contributed by atoms with Gasteiger partial charge in [0.05, 0.1) is 12.1 Å². The summed E-state index contributed by atoms with van der Waals surface area (Å²) >= 11 is 0. The van der Waals surface area contributed by atoms with Crippen molar-refractivity contribution in [2.75, 3.05) is 46.3 Å². The number of hydrogen-bond donors (Lipinski definition) is 2. The van der Waals surface area contributed by atoms with Crippen molar-refractivity contribution in [1.29, 1.82) is 0 Å². The SMILES string of the molecule is CN1CCN(CCNC(c2ccccc2)C(O)c2ccccc2)CC1. The van der Waals surface area contributed by atoms with E-state index in [1.54, 1.807) is 0 Å². The Balaban J connectivity index is 1.63. The second-order valence-corrected chi connectivity index (χ2v) is 6.84. The summed E-state index contributed by atoms with van der Waals surface area (Å²) in [6.07, 6.45) is -0.559. The second kappa shape index (κ2) is 9.11. The van der Waals surface area contributed by atoms with E-state index < -0.39 is 6.10 Å². The second-order valence-electron chi connectivity index (χ2n) is 6.84. The van der Waals surface area contributed by atoms with E-state index in [9.17, 15) is 5.11 Å². The van der Waals surface area contributed by atoms with Crippen molar-refractivity contribution < 1.29 is 5.11 Å². The third-order valence-electron chi connectivity index (χ3n) is 5.00. The molecule has 4 nitrogen and oxygen atoms in total. The van der Waals surface area contributed by atoms with Crippen LogP contribution >= 0.6 is 0 Å². The molecule has 25 heavy (non-hydrogen) atoms. The lowest BCUT2D eigenvalue weighted by atomic mass is 9.96. The molecule has 4 heteroatoms. The van der Waals surface area contributed by atoms with Gasteiger partial charge in [-0.05, 0) is 18.2 Å². The third-order valence-corrected chi connectivity index (χ3v) is 5.00. The summed E-state index contributed by atoms with van der Waals surface area (Å²) in [5, 5.41) is 14.5. The van der Waals surface area contributed by atoms with Crippen LogP contribution in [-0.2, 0) is 0 Å². The van der Waals surface area contributed by atoms with E-state index in [0.29, 0.717) is 0 Å². The van der Waals surface area contributed by atoms with Crippen LogP contribution in [0.5, 0.6) is 0 Å². The lowest BCUT2D eigenvalue weighted by molar-refractivity contribution is 0.119. The summed E-state index contributed by atoms with van der Waals surface area (Å²) in [6.45, 7) is 6.39. The van der Waals surface area contributed by atoms with E-state index in [0.717, 1.165) is 50.4 Å². The zero-order valence-corrected chi connectivity index (χ0v) is 15.0. The third kappa shape index (κ3) is 5.13. The Morgan fingerprint density at radius 3 is 2.04 bits per heavy atom. The number of benzene rings is 2. The minimum atomic E-state index is -0.559. The summed E-state index contributed by atoms with van der Waals surface area (Å²) in [6, 6.07) is 20.1. The number of nitrogens with zero attached hydrogens (tertiary/aromatic N) is 2. The molecular weight excluding hydrogens is 310 g/mol. The summed E-state index contributed by atoms with van der Waals surface area (Å²) in [5.74, 6) is 0. The van der Waals surface area contributed by atoms with Crippen LogP contribution < -0.4 is 5.32 Å². The molecule has 2 aromatic rings. The predicted octanol–water partition coefficient (Wildman–Crippen LogP) is 2.30. The Morgan fingerprint density at radius 2 is 1.44 bits per heavy atom. The van der Waals surface area contributed by atoms with Crippen molar-refractivity contribution in [3.63, 3.8) is 0 Å². The topological polar surface area (TPSA) is 38.7 Å². The lowest BCUT2D eigenvalue weighted by Gasteiger charge is -2.33. The van der Waals surface area contributed by atoms with Gasteiger partial charge in [-0.3, -0.25) is 4.90 Å². The molecule has 0 saturated carbocycles. The molecule has 134 valence electrons. The quantitative estimate of drug-likeness (QED) is 0.812. The maximum absolute atomic E-state index is 10.9. The average molecular weight is 339 g/mol. The molecule has 2 N–H and O–H groups in total. The van der Waals surface area contributed by atoms with Gasteiger partial charge in [0.2, 0.25) is 0 Å². The molecule has 0 amide bonds. The van der Waals surface area contributed by atoms with E-state index in [1.807, 2.05) is 48.5 Å². The molecule has 1 aliphatic rings. The van der Waals surface area contributed by atoms with Crippen molar-refractivity contribution in [1.82, 2.24) is 15.1 Å². The van der Waals surface area contributed by atoms with E-state index >= 15 is 0 Å². The molecule has 2 atom stereocenters. The molecule has 2 aromatic carbocycles. The Labute approximate surface area is 151 Å². The van der Waals surface area contributed by atoms with E-state index in [4.69, 9.17) is 0 Å². The van der Waals surface area contributed by atoms with Gasteiger partial charge in [0, 0.05) is 39.3 Å². The van der Waals surface area contributed by atoms with E-state index in [-0.39, 0.29) is 6.04 Å². The Hall–Kier alpha value is -1.72. The molecule has 0 aliphatic carbocycles. The largest absolute Gasteiger partial charge is 0.386 e. The smallest absolute Gasteiger partial charge is 0.0984 e. The number of likely N-dealkylation sites (N-methyl/N-ethyl adjacent to an activating group) is 1. The number of piperazine rings is 1. The van der Waals surface area contributed by atoms with Gasteiger partial charge in [0.15, 0.2) is 0 Å². The fourth-order valence-corrected chi connectivity index (χ4v) is 3.36. The van der Waals surface area contributed by atoms with Crippen molar-refractivity contribution >= 4 is 0 Å². The summed E-state index contributed by atoms with van der Waals surface area (Å²) in [7, 11) is 2.18. The van der Waals surface area contributed by atoms with Gasteiger partial charge in [-0.1, -0.05) is 60.7 Å². The minimum absolute atomic E-state index is 0.101. The van der Waals surface area contributed by atoms with Crippen LogP contribution in [0, 0.1) is 0 Å². The highest BCUT2D eigenvalue weighted by molar-refractivity contribution is 5.26. The molecule has 0 aromatic heterocycles. The van der Waals surface area contributed by atoms with E-state index in [1.165, 1.54) is 0 Å². The van der Waals surface area contributed by atoms with Gasteiger partial charge in [-0.15, -0.1) is 0 Å². The van der Waals surface area contributed by atoms with Crippen LogP contribution in [0.15, 0.2) is 60.7 Å². The molecule has 3 rings (SSSR count). The number of aliphatic hydroxyl groups is 1. The molecule has 2 unspecified atom stereocenters. The molecule has 1 saturated heterocycles. The number of rotatable bonds is 7. The first-order chi connectivity index (χ1) is 12.2. The lowest BCUT2D eigenvalue weighted by Crippen LogP contribution is -2.46. The maximum Gasteiger partial charge on any atom is 0.0984 e. The van der Waals surface area contributed by atoms with Crippen LogP contribution in [-0.4, -0.2) is 61.2 Å². The number of hydrogen-bond acceptors (Lipinski definition) is 4. The summed E-state index contributed by atoms with van der Waals surface area (Å²) < 4.78 is 0. The zero-order valence-electron chi connectivity index (χ0n) is 15.0. The van der Waals surface area contributed by atoms with Gasteiger partial charge < -0.3 is 15.3 Å². The Kier molecular flexibility index (Phi) is 6.59. The van der Waals surface area contributed by atoms with Gasteiger partial charge in [0.1, 0.15) is 0 Å². The molecule has 0 radical (unpaired) electrons. The van der Waals surface area contributed by atoms with Gasteiger partial charge in [-0.25, -0.2) is 0 Å². The molecule has 0 bridgehead atoms. The fourth-order valence-electron chi connectivity index (χ4n) is 3.36. The fraction of sp³-hybridized carbons (Fsp3) is 0.429. The first-order valence-corrected chi connectivity index (χ1v) is 9.16. The highest BCUT2D eigenvalue weighted by Gasteiger charge is 2.22. The molecule has 1 heterocycles. The van der Waals surface area contributed by atoms with Gasteiger partial charge >= 0.3 is 0 Å². The van der Waals surface area contributed by atoms with Crippen LogP contribution in [0.3, 0.4) is 0 Å². The predicted molar refractivity (Wildman–Crippen MR) is 103 cm³/mol. The molecule has 0 spiro atoms. The van der Waals surface area contributed by atoms with Crippen molar-refractivity contribution in [2.45, 2.75) is 12.1 Å². The summed E-state index contributed by atoms with van der Waals surface area (Å²) in [4.78, 5) is 4.86. The monoisotopic (exact) mass is 339 g/mol. The standard InChI is InChI=1S/C21H29N3O/c1-23-14-16-24(17-15-23)13-12-22-20(18-8-4-2-5-9-18)21(25)19-10-6-3-7-11-19/h2-11,20-22,25H,12-17H2,1H3. The highest BCUT2D eigenvalue weighted by Crippen LogP contribution is 2.28. The van der Waals surface area contributed by atoms with Gasteiger partial charge in [-0.2, -0.15) is 0 Å². The highest BCUT2D eigenvalue weighted by atomic mass is 16.3. The Bertz CT molecular complexity index is 612. The minimum Gasteiger partial charge on any atom is -0.386 e. The average Bonchev–Trinajstić information content (AvgIpc) is 2.67. The van der Waals surface area contributed by atoms with Crippen molar-refractivity contribution in [3.05, 3.63) is 71.8 Å². The van der Waals surface area contributed by atoms with Crippen LogP contribution in [0.4, 0.5) is 0 Å². The van der Waals surface area contributed by atoms with Crippen LogP contribution in [0.25, 0.3) is 0 Å². The van der Waals surface area contributed by atoms with Crippen molar-refractivity contribution in [2.24, 2.45) is 0 Å². The number of aliphatic hydroxyl groups excluding tert-OH is 1. The normalized spacial score (nSPS) is 18.8. The molecule has 1 fully saturated rings. The summed E-state index contributed by atoms with van der Waals surface area (Å²) in [5.41, 5.74) is 2.07. The molecule has 1 aliphatic heterocycles. The Morgan fingerprint density at radius 1 is 0.880 bits per heavy atom. The van der Waals surface area contributed by atoms with E-state index in [2.05, 4.69) is 34.3 Å².